The fourth-order valence-electron chi connectivity index (χ4n) is 3.55. The molecule has 1 N–H and O–H groups in total. The van der Waals surface area contributed by atoms with Crippen molar-refractivity contribution in [3.8, 4) is 0 Å². The molecule has 25 heavy (non-hydrogen) atoms. The Labute approximate surface area is 150 Å². The highest BCUT2D eigenvalue weighted by Crippen LogP contribution is 2.42. The van der Waals surface area contributed by atoms with Crippen molar-refractivity contribution in [1.29, 1.82) is 0 Å². The van der Waals surface area contributed by atoms with E-state index >= 15 is 0 Å². The monoisotopic (exact) mass is 359 g/mol. The van der Waals surface area contributed by atoms with E-state index in [1.54, 1.807) is 0 Å². The Morgan fingerprint density at radius 2 is 1.92 bits per heavy atom. The molecule has 1 saturated carbocycles. The number of aromatic carboxylic acids is 1. The van der Waals surface area contributed by atoms with E-state index in [1.165, 1.54) is 0 Å². The number of para-hydroxylation sites is 1. The fraction of sp³-hybridized carbons (Fsp3) is 0.550. The van der Waals surface area contributed by atoms with Crippen molar-refractivity contribution in [2.24, 2.45) is 0 Å². The predicted molar refractivity (Wildman–Crippen MR) is 104 cm³/mol. The Hall–Kier alpha value is -1.59. The van der Waals surface area contributed by atoms with Gasteiger partial charge in [-0.05, 0) is 43.5 Å². The molecule has 136 valence electrons. The summed E-state index contributed by atoms with van der Waals surface area (Å²) in [6.07, 6.45) is 5.14. The average molecular weight is 360 g/mol. The van der Waals surface area contributed by atoms with Gasteiger partial charge in [-0.3, -0.25) is 0 Å². The third kappa shape index (κ3) is 3.40. The van der Waals surface area contributed by atoms with E-state index in [0.29, 0.717) is 11.6 Å². The van der Waals surface area contributed by atoms with E-state index in [2.05, 4.69) is 38.4 Å². The minimum absolute atomic E-state index is 0.210. The minimum atomic E-state index is -1.77. The number of rotatable bonds is 4. The molecule has 2 aromatic rings. The first-order valence-electron chi connectivity index (χ1n) is 9.11. The van der Waals surface area contributed by atoms with Gasteiger partial charge in [-0.15, -0.1) is 0 Å². The third-order valence-corrected chi connectivity index (χ3v) is 10.5. The van der Waals surface area contributed by atoms with Gasteiger partial charge < -0.3 is 14.1 Å². The summed E-state index contributed by atoms with van der Waals surface area (Å²) in [6.45, 7) is 11.4. The van der Waals surface area contributed by atoms with Crippen molar-refractivity contribution in [2.45, 2.75) is 70.3 Å². The number of carbonyl (C=O) groups is 1. The van der Waals surface area contributed by atoms with Crippen LogP contribution in [-0.4, -0.2) is 30.1 Å². The molecular formula is C20H29NO3Si. The number of hydrogen-bond donors (Lipinski definition) is 1. The number of fused-ring (bicyclic) bond motifs is 1. The Morgan fingerprint density at radius 1 is 1.24 bits per heavy atom. The van der Waals surface area contributed by atoms with E-state index in [1.807, 2.05) is 30.5 Å². The molecule has 2 unspecified atom stereocenters. The average Bonchev–Trinajstić information content (AvgIpc) is 3.09. The zero-order chi connectivity index (χ0) is 18.4. The maximum Gasteiger partial charge on any atom is 0.337 e. The number of nitrogens with zero attached hydrogens (tertiary/aromatic N) is 1. The molecule has 1 aliphatic rings. The van der Waals surface area contributed by atoms with Gasteiger partial charge in [0.05, 0.1) is 5.56 Å². The number of aromatic nitrogens is 1. The van der Waals surface area contributed by atoms with Gasteiger partial charge in [0.2, 0.25) is 0 Å². The van der Waals surface area contributed by atoms with Crippen LogP contribution < -0.4 is 0 Å². The van der Waals surface area contributed by atoms with Crippen LogP contribution in [0.2, 0.25) is 18.1 Å². The van der Waals surface area contributed by atoms with Gasteiger partial charge in [-0.25, -0.2) is 4.79 Å². The van der Waals surface area contributed by atoms with Crippen LogP contribution in [0.4, 0.5) is 0 Å². The van der Waals surface area contributed by atoms with E-state index in [0.717, 1.165) is 30.2 Å². The van der Waals surface area contributed by atoms with Gasteiger partial charge in [0, 0.05) is 29.2 Å². The molecule has 4 nitrogen and oxygen atoms in total. The molecule has 0 aliphatic heterocycles. The van der Waals surface area contributed by atoms with E-state index < -0.39 is 14.3 Å². The quantitative estimate of drug-likeness (QED) is 0.738. The van der Waals surface area contributed by atoms with Crippen molar-refractivity contribution in [3.05, 3.63) is 36.0 Å². The number of benzene rings is 1. The molecular weight excluding hydrogens is 330 g/mol. The number of hydrogen-bond acceptors (Lipinski definition) is 2. The predicted octanol–water partition coefficient (Wildman–Crippen LogP) is 5.45. The van der Waals surface area contributed by atoms with Crippen LogP contribution >= 0.6 is 0 Å². The molecule has 0 bridgehead atoms. The lowest BCUT2D eigenvalue weighted by molar-refractivity contribution is 0.0698. The van der Waals surface area contributed by atoms with Gasteiger partial charge in [0.15, 0.2) is 8.32 Å². The van der Waals surface area contributed by atoms with Gasteiger partial charge in [-0.2, -0.15) is 0 Å². The summed E-state index contributed by atoms with van der Waals surface area (Å²) in [5.41, 5.74) is 1.40. The standard InChI is InChI=1S/C20H29NO3Si/c1-20(2,3)25(4,5)24-15-11-10-14(12-15)21-13-17(19(22)23)16-8-6-7-9-18(16)21/h6-9,13-15H,10-12H2,1-5H3,(H,22,23). The second-order valence-corrected chi connectivity index (χ2v) is 13.5. The van der Waals surface area contributed by atoms with Crippen LogP contribution in [0.25, 0.3) is 10.9 Å². The Kier molecular flexibility index (Phi) is 4.58. The van der Waals surface area contributed by atoms with Crippen LogP contribution in [0.5, 0.6) is 0 Å². The molecule has 1 aromatic heterocycles. The van der Waals surface area contributed by atoms with E-state index in [9.17, 15) is 9.90 Å². The third-order valence-electron chi connectivity index (χ3n) is 5.99. The summed E-state index contributed by atoms with van der Waals surface area (Å²) in [5, 5.41) is 10.5. The van der Waals surface area contributed by atoms with Crippen LogP contribution in [0.3, 0.4) is 0 Å². The molecule has 0 amide bonds. The summed E-state index contributed by atoms with van der Waals surface area (Å²) in [4.78, 5) is 11.6. The Bertz CT molecular complexity index is 788. The maximum absolute atomic E-state index is 11.6. The maximum atomic E-state index is 11.6. The molecule has 1 aromatic carbocycles. The number of carboxylic acids is 1. The normalized spacial score (nSPS) is 21.8. The van der Waals surface area contributed by atoms with Gasteiger partial charge in [0.25, 0.3) is 0 Å². The first kappa shape index (κ1) is 18.2. The van der Waals surface area contributed by atoms with Crippen LogP contribution in [-0.2, 0) is 4.43 Å². The molecule has 1 fully saturated rings. The summed E-state index contributed by atoms with van der Waals surface area (Å²) >= 11 is 0. The van der Waals surface area contributed by atoms with Gasteiger partial charge in [-0.1, -0.05) is 39.0 Å². The van der Waals surface area contributed by atoms with E-state index in [-0.39, 0.29) is 11.1 Å². The summed E-state index contributed by atoms with van der Waals surface area (Å²) < 4.78 is 8.75. The molecule has 0 spiro atoms. The summed E-state index contributed by atoms with van der Waals surface area (Å²) in [5.74, 6) is -0.859. The first-order valence-corrected chi connectivity index (χ1v) is 12.0. The zero-order valence-electron chi connectivity index (χ0n) is 15.9. The second kappa shape index (κ2) is 6.29. The van der Waals surface area contributed by atoms with Gasteiger partial charge >= 0.3 is 5.97 Å². The van der Waals surface area contributed by atoms with Crippen LogP contribution in [0, 0.1) is 0 Å². The molecule has 5 heteroatoms. The van der Waals surface area contributed by atoms with Crippen LogP contribution in [0.1, 0.15) is 56.4 Å². The highest BCUT2D eigenvalue weighted by molar-refractivity contribution is 6.74. The molecule has 0 radical (unpaired) electrons. The van der Waals surface area contributed by atoms with Crippen LogP contribution in [0.15, 0.2) is 30.5 Å². The Balaban J connectivity index is 1.83. The van der Waals surface area contributed by atoms with Gasteiger partial charge in [0.1, 0.15) is 0 Å². The number of carboxylic acid groups (broad SMARTS) is 1. The molecule has 1 heterocycles. The fourth-order valence-corrected chi connectivity index (χ4v) is 4.95. The smallest absolute Gasteiger partial charge is 0.337 e. The SMILES string of the molecule is CC(C)(C)[Si](C)(C)OC1CCC(n2cc(C(=O)O)c3ccccc32)C1. The second-order valence-electron chi connectivity index (χ2n) is 8.74. The summed E-state index contributed by atoms with van der Waals surface area (Å²) in [6, 6.07) is 8.10. The zero-order valence-corrected chi connectivity index (χ0v) is 16.9. The highest BCUT2D eigenvalue weighted by Gasteiger charge is 2.41. The van der Waals surface area contributed by atoms with Crippen molar-refractivity contribution in [2.75, 3.05) is 0 Å². The van der Waals surface area contributed by atoms with Crippen molar-refractivity contribution < 1.29 is 14.3 Å². The molecule has 1 aliphatic carbocycles. The van der Waals surface area contributed by atoms with Crippen molar-refractivity contribution >= 4 is 25.2 Å². The first-order chi connectivity index (χ1) is 11.6. The Morgan fingerprint density at radius 3 is 2.56 bits per heavy atom. The molecule has 2 atom stereocenters. The largest absolute Gasteiger partial charge is 0.478 e. The molecule has 0 saturated heterocycles. The molecule has 3 rings (SSSR count). The highest BCUT2D eigenvalue weighted by atomic mass is 28.4. The lowest BCUT2D eigenvalue weighted by Crippen LogP contribution is -2.43. The minimum Gasteiger partial charge on any atom is -0.478 e. The van der Waals surface area contributed by atoms with E-state index in [4.69, 9.17) is 4.43 Å². The lowest BCUT2D eigenvalue weighted by Gasteiger charge is -2.38. The topological polar surface area (TPSA) is 51.5 Å². The lowest BCUT2D eigenvalue weighted by atomic mass is 10.2. The van der Waals surface area contributed by atoms with Crippen molar-refractivity contribution in [3.63, 3.8) is 0 Å². The van der Waals surface area contributed by atoms with Crippen molar-refractivity contribution in [1.82, 2.24) is 4.57 Å². The summed E-state index contributed by atoms with van der Waals surface area (Å²) in [7, 11) is -1.77.